The van der Waals surface area contributed by atoms with E-state index in [-0.39, 0.29) is 13.0 Å². The van der Waals surface area contributed by atoms with Crippen molar-refractivity contribution >= 4 is 21.6 Å². The van der Waals surface area contributed by atoms with Gasteiger partial charge in [0.25, 0.3) is 0 Å². The lowest BCUT2D eigenvalue weighted by Gasteiger charge is -2.30. The van der Waals surface area contributed by atoms with E-state index in [2.05, 4.69) is 5.32 Å². The number of benzene rings is 2. The molecule has 0 bridgehead atoms. The number of carbonyl (C=O) groups is 1. The van der Waals surface area contributed by atoms with E-state index in [1.54, 1.807) is 55.5 Å². The van der Waals surface area contributed by atoms with Crippen LogP contribution in [0.1, 0.15) is 18.9 Å². The topological polar surface area (TPSA) is 66.5 Å². The predicted octanol–water partition coefficient (Wildman–Crippen LogP) is 2.69. The monoisotopic (exact) mass is 364 g/mol. The fourth-order valence-electron chi connectivity index (χ4n) is 2.58. The van der Waals surface area contributed by atoms with E-state index in [1.165, 1.54) is 6.07 Å². The summed E-state index contributed by atoms with van der Waals surface area (Å²) in [5.74, 6) is -0.890. The number of hydrogen-bond donors (Lipinski definition) is 1. The Hall–Kier alpha value is -2.41. The van der Waals surface area contributed by atoms with Crippen LogP contribution >= 0.6 is 0 Å². The molecule has 1 amide bonds. The van der Waals surface area contributed by atoms with Gasteiger partial charge in [0.2, 0.25) is 15.9 Å². The molecule has 0 saturated heterocycles. The summed E-state index contributed by atoms with van der Waals surface area (Å²) in [5.41, 5.74) is 0.759. The zero-order valence-electron chi connectivity index (χ0n) is 14.1. The van der Waals surface area contributed by atoms with Crippen LogP contribution < -0.4 is 9.62 Å². The molecule has 134 valence electrons. The first kappa shape index (κ1) is 18.9. The molecule has 2 aromatic rings. The van der Waals surface area contributed by atoms with Crippen molar-refractivity contribution in [2.45, 2.75) is 25.9 Å². The Morgan fingerprint density at radius 2 is 1.72 bits per heavy atom. The Balaban J connectivity index is 2.23. The summed E-state index contributed by atoms with van der Waals surface area (Å²) in [4.78, 5) is 12.6. The molecule has 0 spiro atoms. The average Bonchev–Trinajstić information content (AvgIpc) is 2.58. The molecule has 1 N–H and O–H groups in total. The highest BCUT2D eigenvalue weighted by atomic mass is 32.2. The van der Waals surface area contributed by atoms with E-state index < -0.39 is 27.8 Å². The number of hydrogen-bond acceptors (Lipinski definition) is 3. The molecule has 0 saturated carbocycles. The van der Waals surface area contributed by atoms with Crippen LogP contribution in [0, 0.1) is 5.82 Å². The maximum absolute atomic E-state index is 13.7. The van der Waals surface area contributed by atoms with E-state index in [9.17, 15) is 17.6 Å². The van der Waals surface area contributed by atoms with Gasteiger partial charge < -0.3 is 5.32 Å². The summed E-state index contributed by atoms with van der Waals surface area (Å²) < 4.78 is 39.3. The van der Waals surface area contributed by atoms with Crippen molar-refractivity contribution in [2.75, 3.05) is 10.6 Å². The van der Waals surface area contributed by atoms with Gasteiger partial charge in [-0.05, 0) is 24.6 Å². The van der Waals surface area contributed by atoms with Crippen molar-refractivity contribution in [3.05, 3.63) is 66.0 Å². The molecule has 7 heteroatoms. The zero-order chi connectivity index (χ0) is 18.4. The van der Waals surface area contributed by atoms with Crippen molar-refractivity contribution < 1.29 is 17.6 Å². The van der Waals surface area contributed by atoms with Gasteiger partial charge in [-0.15, -0.1) is 0 Å². The van der Waals surface area contributed by atoms with Crippen molar-refractivity contribution in [2.24, 2.45) is 0 Å². The van der Waals surface area contributed by atoms with Crippen LogP contribution in [0.15, 0.2) is 54.6 Å². The fraction of sp³-hybridized carbons (Fsp3) is 0.278. The lowest BCUT2D eigenvalue weighted by Crippen LogP contribution is -2.49. The Labute approximate surface area is 147 Å². The van der Waals surface area contributed by atoms with E-state index in [0.29, 0.717) is 11.3 Å². The number of para-hydroxylation sites is 1. The second-order valence-electron chi connectivity index (χ2n) is 5.63. The first-order valence-electron chi connectivity index (χ1n) is 7.90. The minimum atomic E-state index is -3.67. The maximum Gasteiger partial charge on any atom is 0.244 e. The van der Waals surface area contributed by atoms with E-state index in [1.807, 2.05) is 0 Å². The molecular weight excluding hydrogens is 343 g/mol. The third-order valence-corrected chi connectivity index (χ3v) is 4.93. The summed E-state index contributed by atoms with van der Waals surface area (Å²) >= 11 is 0. The minimum Gasteiger partial charge on any atom is -0.350 e. The molecule has 2 rings (SSSR count). The lowest BCUT2D eigenvalue weighted by molar-refractivity contribution is -0.122. The molecule has 2 aromatic carbocycles. The first-order chi connectivity index (χ1) is 11.8. The summed E-state index contributed by atoms with van der Waals surface area (Å²) in [7, 11) is -3.67. The minimum absolute atomic E-state index is 0.00556. The normalized spacial score (nSPS) is 12.4. The second-order valence-corrected chi connectivity index (χ2v) is 7.49. The van der Waals surface area contributed by atoms with Crippen molar-refractivity contribution in [1.82, 2.24) is 5.32 Å². The highest BCUT2D eigenvalue weighted by Crippen LogP contribution is 2.22. The second kappa shape index (κ2) is 8.11. The van der Waals surface area contributed by atoms with Crippen LogP contribution in [-0.4, -0.2) is 26.6 Å². The number of carbonyl (C=O) groups excluding carboxylic acids is 1. The van der Waals surface area contributed by atoms with Gasteiger partial charge in [-0.3, -0.25) is 9.10 Å². The van der Waals surface area contributed by atoms with Gasteiger partial charge in [0.05, 0.1) is 11.9 Å². The van der Waals surface area contributed by atoms with Crippen LogP contribution in [0.5, 0.6) is 0 Å². The Morgan fingerprint density at radius 1 is 1.12 bits per heavy atom. The Kier molecular flexibility index (Phi) is 6.14. The highest BCUT2D eigenvalue weighted by Gasteiger charge is 2.31. The van der Waals surface area contributed by atoms with Crippen LogP contribution in [0.3, 0.4) is 0 Å². The van der Waals surface area contributed by atoms with E-state index in [4.69, 9.17) is 0 Å². The van der Waals surface area contributed by atoms with E-state index >= 15 is 0 Å². The van der Waals surface area contributed by atoms with Crippen molar-refractivity contribution in [3.8, 4) is 0 Å². The molecule has 25 heavy (non-hydrogen) atoms. The summed E-state index contributed by atoms with van der Waals surface area (Å²) in [6, 6.07) is 13.7. The molecule has 0 aliphatic rings. The van der Waals surface area contributed by atoms with Crippen LogP contribution in [0.25, 0.3) is 0 Å². The molecule has 1 atom stereocenters. The first-order valence-corrected chi connectivity index (χ1v) is 9.75. The number of nitrogens with zero attached hydrogens (tertiary/aromatic N) is 1. The summed E-state index contributed by atoms with van der Waals surface area (Å²) in [6.45, 7) is 1.73. The Morgan fingerprint density at radius 3 is 2.28 bits per heavy atom. The van der Waals surface area contributed by atoms with Gasteiger partial charge in [0, 0.05) is 12.1 Å². The summed E-state index contributed by atoms with van der Waals surface area (Å²) in [5, 5.41) is 2.63. The SMILES string of the molecule is CCC(C(=O)NCc1ccccc1F)N(c1ccccc1)S(C)(=O)=O. The molecule has 0 aliphatic carbocycles. The molecular formula is C18H21FN2O3S. The molecule has 0 fully saturated rings. The molecule has 0 aromatic heterocycles. The van der Waals surface area contributed by atoms with Crippen molar-refractivity contribution in [1.29, 1.82) is 0 Å². The van der Waals surface area contributed by atoms with Gasteiger partial charge in [-0.25, -0.2) is 12.8 Å². The average molecular weight is 364 g/mol. The number of nitrogens with one attached hydrogen (secondary N) is 1. The predicted molar refractivity (Wildman–Crippen MR) is 96.1 cm³/mol. The third kappa shape index (κ3) is 4.79. The Bertz CT molecular complexity index is 825. The third-order valence-electron chi connectivity index (χ3n) is 3.75. The van der Waals surface area contributed by atoms with Crippen molar-refractivity contribution in [3.63, 3.8) is 0 Å². The molecule has 5 nitrogen and oxygen atoms in total. The van der Waals surface area contributed by atoms with Gasteiger partial charge in [0.15, 0.2) is 0 Å². The van der Waals surface area contributed by atoms with Crippen LogP contribution in [0.2, 0.25) is 0 Å². The van der Waals surface area contributed by atoms with Crippen LogP contribution in [-0.2, 0) is 21.4 Å². The van der Waals surface area contributed by atoms with Gasteiger partial charge in [0.1, 0.15) is 11.9 Å². The summed E-state index contributed by atoms with van der Waals surface area (Å²) in [6.07, 6.45) is 1.35. The molecule has 0 aliphatic heterocycles. The standard InChI is InChI=1S/C18H21FN2O3S/c1-3-17(18(22)20-13-14-9-7-8-12-16(14)19)21(25(2,23)24)15-10-5-4-6-11-15/h4-12,17H,3,13H2,1-2H3,(H,20,22). The van der Waals surface area contributed by atoms with Gasteiger partial charge in [-0.1, -0.05) is 43.3 Å². The van der Waals surface area contributed by atoms with Gasteiger partial charge >= 0.3 is 0 Å². The van der Waals surface area contributed by atoms with Crippen LogP contribution in [0.4, 0.5) is 10.1 Å². The molecule has 0 radical (unpaired) electrons. The number of halogens is 1. The molecule has 0 heterocycles. The number of anilines is 1. The number of rotatable bonds is 7. The maximum atomic E-state index is 13.7. The highest BCUT2D eigenvalue weighted by molar-refractivity contribution is 7.92. The quantitative estimate of drug-likeness (QED) is 0.821. The lowest BCUT2D eigenvalue weighted by atomic mass is 10.1. The molecule has 1 unspecified atom stereocenters. The number of sulfonamides is 1. The zero-order valence-corrected chi connectivity index (χ0v) is 15.0. The smallest absolute Gasteiger partial charge is 0.244 e. The largest absolute Gasteiger partial charge is 0.350 e. The fourth-order valence-corrected chi connectivity index (χ4v) is 3.79. The van der Waals surface area contributed by atoms with E-state index in [0.717, 1.165) is 10.6 Å². The number of amides is 1. The van der Waals surface area contributed by atoms with Gasteiger partial charge in [-0.2, -0.15) is 0 Å².